The van der Waals surface area contributed by atoms with Gasteiger partial charge >= 0.3 is 0 Å². The molecule has 4 aromatic rings. The summed E-state index contributed by atoms with van der Waals surface area (Å²) in [5.74, 6) is 0.223. The number of aryl methyl sites for hydroxylation is 1. The smallest absolute Gasteiger partial charge is 0.165 e. The van der Waals surface area contributed by atoms with Crippen molar-refractivity contribution in [2.24, 2.45) is 5.73 Å². The SMILES string of the molecule is CCCCCC=CC(=O)CCc1ccc(O)c(OCCc2ccc(O)c(C(CC(=O)c3cc[nH]c3)c3ccc4c(c3)CCNC4N)c2)c1. The normalized spacial score (nSPS) is 14.9. The predicted octanol–water partition coefficient (Wildman–Crippen LogP) is 7.19. The molecule has 1 aliphatic rings. The van der Waals surface area contributed by atoms with Gasteiger partial charge in [-0.3, -0.25) is 14.9 Å². The number of ether oxygens (including phenoxy) is 1. The van der Waals surface area contributed by atoms with Crippen LogP contribution in [0, 0.1) is 0 Å². The first-order valence-electron chi connectivity index (χ1n) is 17.1. The Hall–Kier alpha value is -4.66. The molecule has 0 amide bonds. The fraction of sp³-hybridized carbons (Fsp3) is 0.350. The quantitative estimate of drug-likeness (QED) is 0.0464. The van der Waals surface area contributed by atoms with E-state index in [0.29, 0.717) is 36.1 Å². The number of ketones is 2. The monoisotopic (exact) mass is 649 g/mol. The number of benzene rings is 3. The fourth-order valence-electron chi connectivity index (χ4n) is 6.27. The highest BCUT2D eigenvalue weighted by Gasteiger charge is 2.25. The van der Waals surface area contributed by atoms with Crippen LogP contribution in [0.3, 0.4) is 0 Å². The minimum absolute atomic E-state index is 0.0227. The van der Waals surface area contributed by atoms with Gasteiger partial charge in [0.1, 0.15) is 5.75 Å². The molecular weight excluding hydrogens is 602 g/mol. The van der Waals surface area contributed by atoms with Gasteiger partial charge in [0, 0.05) is 55.2 Å². The number of nitrogens with one attached hydrogen (secondary N) is 2. The number of allylic oxidation sites excluding steroid dienone is 2. The second-order valence-corrected chi connectivity index (χ2v) is 12.6. The van der Waals surface area contributed by atoms with E-state index in [0.717, 1.165) is 60.0 Å². The standard InChI is InChI=1S/C40H47N3O5/c1-2-3-4-5-6-7-32(44)12-8-27-10-15-37(46)39(23-27)48-21-18-28-9-14-36(45)35(22-28)34(25-38(47)31-16-19-42-26-31)29-11-13-33-30(24-29)17-20-43-40(33)41/h6-7,9-11,13-16,19,22-24,26,34,40,42-43,45-46H,2-5,8,12,17-18,20-21,25,41H2,1H3. The zero-order chi connectivity index (χ0) is 33.9. The molecule has 8 heteroatoms. The van der Waals surface area contributed by atoms with Gasteiger partial charge in [-0.25, -0.2) is 0 Å². The molecule has 2 atom stereocenters. The summed E-state index contributed by atoms with van der Waals surface area (Å²) in [4.78, 5) is 28.6. The third-order valence-electron chi connectivity index (χ3n) is 9.05. The molecule has 5 rings (SSSR count). The number of unbranched alkanes of at least 4 members (excludes halogenated alkanes) is 3. The van der Waals surface area contributed by atoms with Crippen molar-refractivity contribution in [3.8, 4) is 17.2 Å². The maximum Gasteiger partial charge on any atom is 0.165 e. The Kier molecular flexibility index (Phi) is 12.2. The molecule has 48 heavy (non-hydrogen) atoms. The number of Topliss-reactive ketones (excluding diaryl/α,β-unsaturated/α-hetero) is 1. The van der Waals surface area contributed by atoms with Crippen LogP contribution in [0.15, 0.2) is 85.2 Å². The Bertz CT molecular complexity index is 1710. The van der Waals surface area contributed by atoms with Gasteiger partial charge in [0.2, 0.25) is 0 Å². The molecule has 0 fully saturated rings. The summed E-state index contributed by atoms with van der Waals surface area (Å²) in [6.45, 7) is 3.23. The van der Waals surface area contributed by atoms with Gasteiger partial charge in [-0.05, 0) is 83.8 Å². The van der Waals surface area contributed by atoms with Crippen LogP contribution in [0.4, 0.5) is 0 Å². The van der Waals surface area contributed by atoms with Crippen molar-refractivity contribution >= 4 is 11.6 Å². The number of hydrogen-bond donors (Lipinski definition) is 5. The summed E-state index contributed by atoms with van der Waals surface area (Å²) >= 11 is 0. The second kappa shape index (κ2) is 16.9. The number of phenolic OH excluding ortho intramolecular Hbond substituents is 2. The maximum absolute atomic E-state index is 13.4. The van der Waals surface area contributed by atoms with Crippen LogP contribution in [0.1, 0.15) is 101 Å². The van der Waals surface area contributed by atoms with E-state index in [-0.39, 0.29) is 48.2 Å². The van der Waals surface area contributed by atoms with Crippen molar-refractivity contribution in [3.63, 3.8) is 0 Å². The lowest BCUT2D eigenvalue weighted by atomic mass is 9.82. The third-order valence-corrected chi connectivity index (χ3v) is 9.05. The van der Waals surface area contributed by atoms with Gasteiger partial charge in [0.15, 0.2) is 23.1 Å². The van der Waals surface area contributed by atoms with Crippen molar-refractivity contribution in [1.29, 1.82) is 0 Å². The molecule has 0 saturated carbocycles. The number of carbonyl (C=O) groups is 2. The number of phenols is 2. The van der Waals surface area contributed by atoms with Crippen molar-refractivity contribution < 1.29 is 24.5 Å². The summed E-state index contributed by atoms with van der Waals surface area (Å²) in [6.07, 6.45) is 13.7. The molecule has 8 nitrogen and oxygen atoms in total. The van der Waals surface area contributed by atoms with E-state index in [4.69, 9.17) is 10.5 Å². The first kappa shape index (κ1) is 34.7. The van der Waals surface area contributed by atoms with Gasteiger partial charge in [0.05, 0.1) is 12.8 Å². The van der Waals surface area contributed by atoms with Crippen LogP contribution in [-0.4, -0.2) is 39.9 Å². The van der Waals surface area contributed by atoms with Gasteiger partial charge in [-0.15, -0.1) is 0 Å². The van der Waals surface area contributed by atoms with Crippen LogP contribution in [0.5, 0.6) is 17.2 Å². The van der Waals surface area contributed by atoms with Crippen molar-refractivity contribution in [2.75, 3.05) is 13.2 Å². The topological polar surface area (TPSA) is 138 Å². The van der Waals surface area contributed by atoms with E-state index >= 15 is 0 Å². The predicted molar refractivity (Wildman–Crippen MR) is 189 cm³/mol. The van der Waals surface area contributed by atoms with Crippen molar-refractivity contribution in [1.82, 2.24) is 10.3 Å². The van der Waals surface area contributed by atoms with Crippen LogP contribution in [0.25, 0.3) is 0 Å². The Labute approximate surface area is 283 Å². The summed E-state index contributed by atoms with van der Waals surface area (Å²) < 4.78 is 6.00. The molecule has 0 bridgehead atoms. The molecule has 252 valence electrons. The minimum atomic E-state index is -0.376. The molecule has 2 unspecified atom stereocenters. The number of fused-ring (bicyclic) bond motifs is 1. The fourth-order valence-corrected chi connectivity index (χ4v) is 6.27. The van der Waals surface area contributed by atoms with Crippen LogP contribution in [0.2, 0.25) is 0 Å². The Balaban J connectivity index is 1.27. The molecular formula is C40H47N3O5. The van der Waals surface area contributed by atoms with Crippen molar-refractivity contribution in [2.45, 2.75) is 76.8 Å². The number of nitrogens with two attached hydrogens (primary N) is 1. The van der Waals surface area contributed by atoms with E-state index in [1.807, 2.05) is 36.4 Å². The first-order valence-corrected chi connectivity index (χ1v) is 17.1. The lowest BCUT2D eigenvalue weighted by Crippen LogP contribution is -2.35. The Morgan fingerprint density at radius 3 is 2.60 bits per heavy atom. The second-order valence-electron chi connectivity index (χ2n) is 12.6. The van der Waals surface area contributed by atoms with E-state index in [1.165, 1.54) is 6.42 Å². The molecule has 1 aliphatic heterocycles. The molecule has 0 saturated heterocycles. The molecule has 3 aromatic carbocycles. The zero-order valence-electron chi connectivity index (χ0n) is 27.7. The number of rotatable bonds is 17. The molecule has 1 aromatic heterocycles. The molecule has 0 aliphatic carbocycles. The minimum Gasteiger partial charge on any atom is -0.508 e. The van der Waals surface area contributed by atoms with Crippen LogP contribution < -0.4 is 15.8 Å². The van der Waals surface area contributed by atoms with Gasteiger partial charge in [-0.2, -0.15) is 0 Å². The molecule has 0 spiro atoms. The average molecular weight is 650 g/mol. The Morgan fingerprint density at radius 1 is 1.00 bits per heavy atom. The van der Waals surface area contributed by atoms with Gasteiger partial charge in [0.25, 0.3) is 0 Å². The summed E-state index contributed by atoms with van der Waals surface area (Å²) in [5, 5.41) is 24.8. The number of aromatic nitrogens is 1. The van der Waals surface area contributed by atoms with E-state index < -0.39 is 0 Å². The van der Waals surface area contributed by atoms with Crippen LogP contribution >= 0.6 is 0 Å². The number of hydrogen-bond acceptors (Lipinski definition) is 7. The zero-order valence-corrected chi connectivity index (χ0v) is 27.7. The van der Waals surface area contributed by atoms with E-state index in [2.05, 4.69) is 23.3 Å². The first-order chi connectivity index (χ1) is 23.3. The highest BCUT2D eigenvalue weighted by Crippen LogP contribution is 2.37. The summed E-state index contributed by atoms with van der Waals surface area (Å²) in [5.41, 5.74) is 12.5. The maximum atomic E-state index is 13.4. The molecule has 6 N–H and O–H groups in total. The number of H-pyrrole nitrogens is 1. The van der Waals surface area contributed by atoms with E-state index in [1.54, 1.807) is 42.7 Å². The largest absolute Gasteiger partial charge is 0.508 e. The van der Waals surface area contributed by atoms with E-state index in [9.17, 15) is 19.8 Å². The van der Waals surface area contributed by atoms with Gasteiger partial charge in [-0.1, -0.05) is 62.2 Å². The molecule has 0 radical (unpaired) electrons. The average Bonchev–Trinajstić information content (AvgIpc) is 3.64. The number of aromatic hydroxyl groups is 2. The van der Waals surface area contributed by atoms with Crippen LogP contribution in [-0.2, 0) is 24.1 Å². The number of carbonyl (C=O) groups excluding carboxylic acids is 2. The Morgan fingerprint density at radius 2 is 1.81 bits per heavy atom. The lowest BCUT2D eigenvalue weighted by molar-refractivity contribution is -0.114. The van der Waals surface area contributed by atoms with Gasteiger partial charge < -0.3 is 25.7 Å². The third kappa shape index (κ3) is 9.24. The lowest BCUT2D eigenvalue weighted by Gasteiger charge is -2.26. The summed E-state index contributed by atoms with van der Waals surface area (Å²) in [7, 11) is 0. The van der Waals surface area contributed by atoms with Crippen molar-refractivity contribution in [3.05, 3.63) is 124 Å². The highest BCUT2D eigenvalue weighted by atomic mass is 16.5. The highest BCUT2D eigenvalue weighted by molar-refractivity contribution is 5.96. The molecule has 2 heterocycles. The number of aromatic amines is 1. The summed E-state index contributed by atoms with van der Waals surface area (Å²) in [6, 6.07) is 18.6.